The molecule has 1 aromatic rings. The van der Waals surface area contributed by atoms with E-state index in [2.05, 4.69) is 0 Å². The van der Waals surface area contributed by atoms with Crippen molar-refractivity contribution in [3.63, 3.8) is 0 Å². The van der Waals surface area contributed by atoms with Gasteiger partial charge in [0.15, 0.2) is 5.75 Å². The first kappa shape index (κ1) is 13.0. The Morgan fingerprint density at radius 2 is 1.76 bits per heavy atom. The lowest BCUT2D eigenvalue weighted by Gasteiger charge is -2.13. The average molecular weight is 275 g/mol. The van der Waals surface area contributed by atoms with E-state index >= 15 is 0 Å². The normalized spacial score (nSPS) is 16.4. The van der Waals surface area contributed by atoms with Gasteiger partial charge in [0.2, 0.25) is 0 Å². The van der Waals surface area contributed by atoms with E-state index in [-0.39, 0.29) is 0 Å². The van der Waals surface area contributed by atoms with Crippen molar-refractivity contribution < 1.29 is 9.64 Å². The Hall–Kier alpha value is -0.440. The summed E-state index contributed by atoms with van der Waals surface area (Å²) in [4.78, 5) is 1.69. The highest BCUT2D eigenvalue weighted by Gasteiger charge is 2.14. The van der Waals surface area contributed by atoms with Gasteiger partial charge >= 0.3 is 0 Å². The number of halogens is 2. The van der Waals surface area contributed by atoms with Crippen LogP contribution in [-0.4, -0.2) is 26.2 Å². The van der Waals surface area contributed by atoms with Crippen LogP contribution < -0.4 is 9.64 Å². The second kappa shape index (κ2) is 6.48. The predicted molar refractivity (Wildman–Crippen MR) is 71.4 cm³/mol. The van der Waals surface area contributed by atoms with Crippen LogP contribution in [0.1, 0.15) is 19.3 Å². The number of rotatable bonds is 5. The van der Waals surface area contributed by atoms with Crippen LogP contribution in [0, 0.1) is 0 Å². The zero-order valence-corrected chi connectivity index (χ0v) is 11.4. The van der Waals surface area contributed by atoms with Gasteiger partial charge in [0.25, 0.3) is 0 Å². The third-order valence-corrected chi connectivity index (χ3v) is 3.75. The van der Waals surface area contributed by atoms with Gasteiger partial charge in [-0.3, -0.25) is 0 Å². The number of quaternary nitrogens is 1. The molecule has 2 nitrogen and oxygen atoms in total. The summed E-state index contributed by atoms with van der Waals surface area (Å²) in [5.74, 6) is 0.618. The first-order valence-electron chi connectivity index (χ1n) is 6.18. The minimum Gasteiger partial charge on any atom is -0.490 e. The predicted octanol–water partition coefficient (Wildman–Crippen LogP) is 2.44. The maximum Gasteiger partial charge on any atom is 0.156 e. The van der Waals surface area contributed by atoms with Crippen molar-refractivity contribution in [2.45, 2.75) is 19.3 Å². The van der Waals surface area contributed by atoms with Crippen LogP contribution in [0.3, 0.4) is 0 Å². The molecule has 0 aromatic heterocycles. The lowest BCUT2D eigenvalue weighted by molar-refractivity contribution is -0.887. The standard InChI is InChI=1S/C13H17Cl2NO/c14-11-5-3-6-12(15)13(11)17-10-4-9-16-7-1-2-8-16/h3,5-6H,1-2,4,7-10H2/p+1. The van der Waals surface area contributed by atoms with Crippen LogP contribution in [0.5, 0.6) is 5.75 Å². The number of likely N-dealkylation sites (tertiary alicyclic amines) is 1. The van der Waals surface area contributed by atoms with Crippen molar-refractivity contribution in [1.29, 1.82) is 0 Å². The van der Waals surface area contributed by atoms with Crippen LogP contribution in [0.4, 0.5) is 0 Å². The maximum absolute atomic E-state index is 6.02. The molecule has 1 aromatic carbocycles. The third-order valence-electron chi connectivity index (χ3n) is 3.15. The molecule has 0 unspecified atom stereocenters. The molecule has 1 saturated heterocycles. The molecule has 0 amide bonds. The minimum atomic E-state index is 0.589. The monoisotopic (exact) mass is 274 g/mol. The Morgan fingerprint density at radius 3 is 2.41 bits per heavy atom. The SMILES string of the molecule is Clc1cccc(Cl)c1OCCC[NH+]1CCCC1. The highest BCUT2D eigenvalue weighted by Crippen LogP contribution is 2.32. The van der Waals surface area contributed by atoms with Gasteiger partial charge in [-0.2, -0.15) is 0 Å². The van der Waals surface area contributed by atoms with Crippen LogP contribution in [0.2, 0.25) is 10.0 Å². The molecule has 0 atom stereocenters. The number of ether oxygens (including phenoxy) is 1. The maximum atomic E-state index is 6.02. The summed E-state index contributed by atoms with van der Waals surface area (Å²) in [5.41, 5.74) is 0. The molecule has 0 spiro atoms. The lowest BCUT2D eigenvalue weighted by Crippen LogP contribution is -3.10. The fourth-order valence-electron chi connectivity index (χ4n) is 2.24. The highest BCUT2D eigenvalue weighted by molar-refractivity contribution is 6.37. The third kappa shape index (κ3) is 3.77. The van der Waals surface area contributed by atoms with Gasteiger partial charge in [-0.05, 0) is 12.1 Å². The Labute approximate surface area is 112 Å². The fraction of sp³-hybridized carbons (Fsp3) is 0.538. The molecule has 0 saturated carbocycles. The number of hydrogen-bond donors (Lipinski definition) is 1. The molecule has 1 fully saturated rings. The zero-order chi connectivity index (χ0) is 12.1. The molecule has 1 aliphatic heterocycles. The largest absolute Gasteiger partial charge is 0.490 e. The molecule has 94 valence electrons. The summed E-state index contributed by atoms with van der Waals surface area (Å²) in [5, 5.41) is 1.18. The Bertz CT molecular complexity index is 344. The summed E-state index contributed by atoms with van der Waals surface area (Å²) < 4.78 is 5.65. The van der Waals surface area contributed by atoms with Gasteiger partial charge in [-0.1, -0.05) is 29.3 Å². The van der Waals surface area contributed by atoms with E-state index < -0.39 is 0 Å². The Balaban J connectivity index is 1.74. The van der Waals surface area contributed by atoms with E-state index in [1.807, 2.05) is 6.07 Å². The fourth-order valence-corrected chi connectivity index (χ4v) is 2.75. The molecular weight excluding hydrogens is 257 g/mol. The van der Waals surface area contributed by atoms with E-state index in [9.17, 15) is 0 Å². The van der Waals surface area contributed by atoms with Gasteiger partial charge < -0.3 is 9.64 Å². The summed E-state index contributed by atoms with van der Waals surface area (Å²) in [6, 6.07) is 5.43. The van der Waals surface area contributed by atoms with Gasteiger partial charge in [0.1, 0.15) is 0 Å². The molecule has 0 aliphatic carbocycles. The molecule has 1 heterocycles. The average Bonchev–Trinajstić information content (AvgIpc) is 2.80. The Kier molecular flexibility index (Phi) is 4.96. The van der Waals surface area contributed by atoms with Crippen molar-refractivity contribution >= 4 is 23.2 Å². The van der Waals surface area contributed by atoms with Crippen LogP contribution in [0.15, 0.2) is 18.2 Å². The van der Waals surface area contributed by atoms with Crippen molar-refractivity contribution in [1.82, 2.24) is 0 Å². The van der Waals surface area contributed by atoms with E-state index in [0.29, 0.717) is 22.4 Å². The van der Waals surface area contributed by atoms with Crippen molar-refractivity contribution in [3.05, 3.63) is 28.2 Å². The molecule has 1 N–H and O–H groups in total. The number of benzene rings is 1. The summed E-state index contributed by atoms with van der Waals surface area (Å²) >= 11 is 12.0. The smallest absolute Gasteiger partial charge is 0.156 e. The Morgan fingerprint density at radius 1 is 1.12 bits per heavy atom. The van der Waals surface area contributed by atoms with Crippen LogP contribution in [0.25, 0.3) is 0 Å². The van der Waals surface area contributed by atoms with Gasteiger partial charge in [-0.15, -0.1) is 0 Å². The molecule has 4 heteroatoms. The first-order valence-corrected chi connectivity index (χ1v) is 6.93. The lowest BCUT2D eigenvalue weighted by atomic mass is 10.3. The minimum absolute atomic E-state index is 0.589. The molecule has 2 rings (SSSR count). The van der Waals surface area contributed by atoms with Crippen molar-refractivity contribution in [2.24, 2.45) is 0 Å². The van der Waals surface area contributed by atoms with Crippen LogP contribution >= 0.6 is 23.2 Å². The van der Waals surface area contributed by atoms with Crippen molar-refractivity contribution in [3.8, 4) is 5.75 Å². The molecule has 1 aliphatic rings. The van der Waals surface area contributed by atoms with Gasteiger partial charge in [0, 0.05) is 19.3 Å². The van der Waals surface area contributed by atoms with Gasteiger partial charge in [-0.25, -0.2) is 0 Å². The number of nitrogens with one attached hydrogen (secondary N) is 1. The molecule has 0 radical (unpaired) electrons. The summed E-state index contributed by atoms with van der Waals surface area (Å²) in [7, 11) is 0. The van der Waals surface area contributed by atoms with Crippen LogP contribution in [-0.2, 0) is 0 Å². The van der Waals surface area contributed by atoms with Crippen molar-refractivity contribution in [2.75, 3.05) is 26.2 Å². The van der Waals surface area contributed by atoms with Gasteiger partial charge in [0.05, 0.1) is 36.3 Å². The van der Waals surface area contributed by atoms with E-state index in [0.717, 1.165) is 6.42 Å². The topological polar surface area (TPSA) is 13.7 Å². The zero-order valence-electron chi connectivity index (χ0n) is 9.85. The van der Waals surface area contributed by atoms with E-state index in [1.165, 1.54) is 32.5 Å². The summed E-state index contributed by atoms with van der Waals surface area (Å²) in [6.45, 7) is 4.49. The number of para-hydroxylation sites is 1. The molecule has 17 heavy (non-hydrogen) atoms. The number of hydrogen-bond acceptors (Lipinski definition) is 1. The quantitative estimate of drug-likeness (QED) is 0.815. The molecule has 0 bridgehead atoms. The second-order valence-corrected chi connectivity index (χ2v) is 5.27. The van der Waals surface area contributed by atoms with E-state index in [4.69, 9.17) is 27.9 Å². The summed E-state index contributed by atoms with van der Waals surface area (Å²) in [6.07, 6.45) is 3.79. The second-order valence-electron chi connectivity index (χ2n) is 4.46. The first-order chi connectivity index (χ1) is 8.27. The molecular formula is C13H18Cl2NO+. The highest BCUT2D eigenvalue weighted by atomic mass is 35.5. The van der Waals surface area contributed by atoms with E-state index in [1.54, 1.807) is 17.0 Å².